The van der Waals surface area contributed by atoms with E-state index in [1.165, 1.54) is 11.3 Å². The molecule has 1 aromatic heterocycles. The molecule has 30 heavy (non-hydrogen) atoms. The molecule has 8 nitrogen and oxygen atoms in total. The normalized spacial score (nSPS) is 20.9. The van der Waals surface area contributed by atoms with Gasteiger partial charge in [0, 0.05) is 28.8 Å². The average molecular weight is 487 g/mol. The molecular weight excluding hydrogens is 471 g/mol. The first-order chi connectivity index (χ1) is 14.2. The summed E-state index contributed by atoms with van der Waals surface area (Å²) in [6, 6.07) is 4.53. The Bertz CT molecular complexity index is 1160. The number of thiazole rings is 1. The highest BCUT2D eigenvalue weighted by Crippen LogP contribution is 2.32. The van der Waals surface area contributed by atoms with Crippen molar-refractivity contribution in [2.24, 2.45) is 5.10 Å². The van der Waals surface area contributed by atoms with Crippen LogP contribution in [0.15, 0.2) is 28.7 Å². The molecule has 1 fully saturated rings. The molecule has 1 unspecified atom stereocenters. The standard InChI is InChI=1S/C18H16Cl2N4O4S2/c19-10-1-2-12(13(20)7-10)15-8-29-18(21-15)22-17(26)14-3-4-16(25)24(23-14)11-5-6-30(27,28)9-11/h1-2,7-8,11H,3-6,9H2,(H,21,22,26). The minimum absolute atomic E-state index is 0.0215. The summed E-state index contributed by atoms with van der Waals surface area (Å²) >= 11 is 13.3. The van der Waals surface area contributed by atoms with Gasteiger partial charge in [0.05, 0.1) is 28.3 Å². The lowest BCUT2D eigenvalue weighted by Crippen LogP contribution is -2.42. The Morgan fingerprint density at radius 3 is 2.77 bits per heavy atom. The number of aromatic nitrogens is 1. The van der Waals surface area contributed by atoms with Crippen LogP contribution in [0.5, 0.6) is 0 Å². The van der Waals surface area contributed by atoms with Crippen LogP contribution in [0.25, 0.3) is 11.3 Å². The number of amides is 2. The molecule has 2 aliphatic rings. The number of halogens is 2. The second kappa shape index (κ2) is 8.26. The molecule has 0 bridgehead atoms. The van der Waals surface area contributed by atoms with E-state index < -0.39 is 21.8 Å². The van der Waals surface area contributed by atoms with E-state index in [9.17, 15) is 18.0 Å². The Hall–Kier alpha value is -2.01. The molecule has 4 rings (SSSR count). The molecule has 1 N–H and O–H groups in total. The number of hydrazone groups is 1. The third-order valence-electron chi connectivity index (χ3n) is 4.81. The topological polar surface area (TPSA) is 109 Å². The first kappa shape index (κ1) is 21.2. The van der Waals surface area contributed by atoms with E-state index in [1.807, 2.05) is 0 Å². The van der Waals surface area contributed by atoms with Gasteiger partial charge in [0.15, 0.2) is 15.0 Å². The van der Waals surface area contributed by atoms with Crippen molar-refractivity contribution in [1.82, 2.24) is 9.99 Å². The summed E-state index contributed by atoms with van der Waals surface area (Å²) in [6.45, 7) is 0. The van der Waals surface area contributed by atoms with Crippen molar-refractivity contribution >= 4 is 67.0 Å². The van der Waals surface area contributed by atoms with Gasteiger partial charge in [-0.1, -0.05) is 23.2 Å². The molecule has 0 radical (unpaired) electrons. The zero-order valence-corrected chi connectivity index (χ0v) is 18.6. The average Bonchev–Trinajstić information content (AvgIpc) is 3.28. The lowest BCUT2D eigenvalue weighted by molar-refractivity contribution is -0.133. The van der Waals surface area contributed by atoms with E-state index in [1.54, 1.807) is 23.6 Å². The van der Waals surface area contributed by atoms with Crippen molar-refractivity contribution in [2.75, 3.05) is 16.8 Å². The lowest BCUT2D eigenvalue weighted by Gasteiger charge is -2.27. The second-order valence-electron chi connectivity index (χ2n) is 6.96. The number of benzene rings is 1. The minimum Gasteiger partial charge on any atom is -0.297 e. The molecular formula is C18H16Cl2N4O4S2. The molecule has 2 aromatic rings. The van der Waals surface area contributed by atoms with E-state index in [4.69, 9.17) is 23.2 Å². The van der Waals surface area contributed by atoms with Crippen LogP contribution in [-0.2, 0) is 19.4 Å². The number of hydrogen-bond donors (Lipinski definition) is 1. The van der Waals surface area contributed by atoms with Crippen molar-refractivity contribution in [2.45, 2.75) is 25.3 Å². The third kappa shape index (κ3) is 4.51. The molecule has 0 spiro atoms. The predicted octanol–water partition coefficient (Wildman–Crippen LogP) is 3.22. The maximum Gasteiger partial charge on any atom is 0.273 e. The highest BCUT2D eigenvalue weighted by atomic mass is 35.5. The van der Waals surface area contributed by atoms with E-state index in [-0.39, 0.29) is 36.0 Å². The number of nitrogens with zero attached hydrogens (tertiary/aromatic N) is 3. The highest BCUT2D eigenvalue weighted by molar-refractivity contribution is 7.91. The van der Waals surface area contributed by atoms with Crippen molar-refractivity contribution in [1.29, 1.82) is 0 Å². The molecule has 3 heterocycles. The summed E-state index contributed by atoms with van der Waals surface area (Å²) in [7, 11) is -3.18. The van der Waals surface area contributed by atoms with Crippen LogP contribution in [0, 0.1) is 0 Å². The van der Waals surface area contributed by atoms with Gasteiger partial charge < -0.3 is 0 Å². The SMILES string of the molecule is O=C(Nc1nc(-c2ccc(Cl)cc2Cl)cs1)C1=NN(C2CCS(=O)(=O)C2)C(=O)CC1. The molecule has 1 saturated heterocycles. The molecule has 1 aromatic carbocycles. The minimum atomic E-state index is -3.18. The van der Waals surface area contributed by atoms with Gasteiger partial charge in [-0.15, -0.1) is 11.3 Å². The molecule has 12 heteroatoms. The summed E-state index contributed by atoms with van der Waals surface area (Å²) in [5.41, 5.74) is 1.45. The van der Waals surface area contributed by atoms with Crippen LogP contribution in [0.1, 0.15) is 19.3 Å². The van der Waals surface area contributed by atoms with Crippen molar-refractivity contribution < 1.29 is 18.0 Å². The van der Waals surface area contributed by atoms with E-state index in [0.29, 0.717) is 32.9 Å². The van der Waals surface area contributed by atoms with E-state index in [2.05, 4.69) is 15.4 Å². The molecule has 2 aliphatic heterocycles. The Morgan fingerprint density at radius 1 is 1.27 bits per heavy atom. The van der Waals surface area contributed by atoms with Crippen LogP contribution in [-0.4, -0.2) is 53.5 Å². The maximum atomic E-state index is 12.6. The van der Waals surface area contributed by atoms with E-state index in [0.717, 1.165) is 5.01 Å². The largest absolute Gasteiger partial charge is 0.297 e. The van der Waals surface area contributed by atoms with Gasteiger partial charge in [-0.25, -0.2) is 18.4 Å². The number of carbonyl (C=O) groups excluding carboxylic acids is 2. The fraction of sp³-hybridized carbons (Fsp3) is 0.333. The van der Waals surface area contributed by atoms with Gasteiger partial charge in [0.25, 0.3) is 5.91 Å². The van der Waals surface area contributed by atoms with Gasteiger partial charge in [-0.2, -0.15) is 5.10 Å². The van der Waals surface area contributed by atoms with Crippen molar-refractivity contribution in [3.8, 4) is 11.3 Å². The van der Waals surface area contributed by atoms with Crippen LogP contribution in [0.3, 0.4) is 0 Å². The number of nitrogens with one attached hydrogen (secondary N) is 1. The molecule has 158 valence electrons. The van der Waals surface area contributed by atoms with Crippen LogP contribution in [0.4, 0.5) is 5.13 Å². The van der Waals surface area contributed by atoms with Gasteiger partial charge in [-0.3, -0.25) is 14.9 Å². The summed E-state index contributed by atoms with van der Waals surface area (Å²) in [6.07, 6.45) is 0.609. The lowest BCUT2D eigenvalue weighted by atomic mass is 10.1. The van der Waals surface area contributed by atoms with Gasteiger partial charge in [0.1, 0.15) is 5.71 Å². The van der Waals surface area contributed by atoms with Crippen molar-refractivity contribution in [3.63, 3.8) is 0 Å². The van der Waals surface area contributed by atoms with Gasteiger partial charge >= 0.3 is 0 Å². The monoisotopic (exact) mass is 486 g/mol. The van der Waals surface area contributed by atoms with Gasteiger partial charge in [0.2, 0.25) is 5.91 Å². The maximum absolute atomic E-state index is 12.6. The molecule has 1 atom stereocenters. The Balaban J connectivity index is 1.49. The summed E-state index contributed by atoms with van der Waals surface area (Å²) in [4.78, 5) is 29.2. The Labute approximate surface area is 186 Å². The number of rotatable bonds is 4. The summed E-state index contributed by atoms with van der Waals surface area (Å²) < 4.78 is 23.4. The Morgan fingerprint density at radius 2 is 2.07 bits per heavy atom. The number of anilines is 1. The number of sulfone groups is 1. The van der Waals surface area contributed by atoms with E-state index >= 15 is 0 Å². The Kier molecular flexibility index (Phi) is 5.84. The highest BCUT2D eigenvalue weighted by Gasteiger charge is 2.37. The summed E-state index contributed by atoms with van der Waals surface area (Å²) in [5.74, 6) is -0.860. The van der Waals surface area contributed by atoms with Crippen LogP contribution >= 0.6 is 34.5 Å². The fourth-order valence-electron chi connectivity index (χ4n) is 3.31. The zero-order valence-electron chi connectivity index (χ0n) is 15.5. The molecule has 0 saturated carbocycles. The third-order valence-corrected chi connectivity index (χ3v) is 7.86. The molecule has 2 amide bonds. The number of carbonyl (C=O) groups is 2. The smallest absolute Gasteiger partial charge is 0.273 e. The van der Waals surface area contributed by atoms with Crippen LogP contribution < -0.4 is 5.32 Å². The summed E-state index contributed by atoms with van der Waals surface area (Å²) in [5, 5.41) is 11.1. The first-order valence-corrected chi connectivity index (χ1v) is 12.5. The van der Waals surface area contributed by atoms with Crippen molar-refractivity contribution in [3.05, 3.63) is 33.6 Å². The second-order valence-corrected chi connectivity index (χ2v) is 10.9. The molecule has 0 aliphatic carbocycles. The van der Waals surface area contributed by atoms with Crippen LogP contribution in [0.2, 0.25) is 10.0 Å². The predicted molar refractivity (Wildman–Crippen MR) is 117 cm³/mol. The quantitative estimate of drug-likeness (QED) is 0.713. The van der Waals surface area contributed by atoms with Gasteiger partial charge in [-0.05, 0) is 24.6 Å². The zero-order chi connectivity index (χ0) is 21.5. The fourth-order valence-corrected chi connectivity index (χ4v) is 6.21. The number of hydrogen-bond acceptors (Lipinski definition) is 7. The first-order valence-electron chi connectivity index (χ1n) is 9.04.